The van der Waals surface area contributed by atoms with Crippen LogP contribution >= 0.6 is 47.2 Å². The number of hydrogen-bond donors (Lipinski definition) is 0. The molecular formula is C13H12Cl4N2O5. The third kappa shape index (κ3) is 4.98. The first-order chi connectivity index (χ1) is 11.4. The molecule has 132 valence electrons. The summed E-state index contributed by atoms with van der Waals surface area (Å²) < 4.78 is 17.1. The van der Waals surface area contributed by atoms with Crippen molar-refractivity contribution in [2.75, 3.05) is 0 Å². The van der Waals surface area contributed by atoms with Crippen molar-refractivity contribution in [3.63, 3.8) is 0 Å². The molecule has 0 radical (unpaired) electrons. The molecule has 0 aliphatic heterocycles. The fourth-order valence-electron chi connectivity index (χ4n) is 1.63. The second-order valence-corrected chi connectivity index (χ2v) is 5.16. The Morgan fingerprint density at radius 3 is 2.21 bits per heavy atom. The zero-order chi connectivity index (χ0) is 18.3. The van der Waals surface area contributed by atoms with Crippen LogP contribution in [0, 0.1) is 0 Å². The summed E-state index contributed by atoms with van der Waals surface area (Å²) in [5.41, 5.74) is -0.439. The molecule has 11 heteroatoms. The monoisotopic (exact) mass is 416 g/mol. The zero-order valence-electron chi connectivity index (χ0n) is 12.5. The molecule has 0 bridgehead atoms. The maximum absolute atomic E-state index is 10.7. The third-order valence-electron chi connectivity index (χ3n) is 2.79. The number of carbonyl (C=O) groups excluding carboxylic acids is 1. The van der Waals surface area contributed by atoms with Crippen molar-refractivity contribution < 1.29 is 27.3 Å². The van der Waals surface area contributed by atoms with Crippen LogP contribution in [0.25, 0.3) is 0 Å². The Balaban J connectivity index is 0.000000300. The average molecular weight is 418 g/mol. The molecule has 1 heterocycles. The Kier molecular flexibility index (Phi) is 8.27. The molecule has 0 saturated carbocycles. The Bertz CT molecular complexity index is 708. The first-order valence-corrected chi connectivity index (χ1v) is 7.64. The zero-order valence-corrected chi connectivity index (χ0v) is 15.5. The van der Waals surface area contributed by atoms with E-state index in [1.807, 2.05) is 17.8 Å². The Labute approximate surface area is 158 Å². The normalized spacial score (nSPS) is 9.75. The van der Waals surface area contributed by atoms with Crippen LogP contribution in [-0.4, -0.2) is 10.5 Å². The Morgan fingerprint density at radius 1 is 1.25 bits per heavy atom. The molecule has 0 unspecified atom stereocenters. The van der Waals surface area contributed by atoms with Crippen molar-refractivity contribution in [1.82, 2.24) is 4.57 Å². The van der Waals surface area contributed by atoms with Crippen LogP contribution in [-0.2, 0) is 13.6 Å². The topological polar surface area (TPSA) is 76.6 Å². The van der Waals surface area contributed by atoms with Gasteiger partial charge in [-0.1, -0.05) is 11.6 Å². The summed E-state index contributed by atoms with van der Waals surface area (Å²) in [5, 5.41) is 10.3. The maximum Gasteiger partial charge on any atom is 0.243 e. The highest BCUT2D eigenvalue weighted by Crippen LogP contribution is 2.46. The van der Waals surface area contributed by atoms with E-state index in [9.17, 15) is 9.90 Å². The third-order valence-corrected chi connectivity index (χ3v) is 3.64. The molecular weight excluding hydrogens is 406 g/mol. The molecule has 0 N–H and O–H groups in total. The molecule has 0 aliphatic rings. The number of imidazole rings is 1. The molecule has 2 aromatic rings. The minimum atomic E-state index is -1.57. The van der Waals surface area contributed by atoms with Gasteiger partial charge in [0.25, 0.3) is 0 Å². The molecule has 1 aromatic carbocycles. The van der Waals surface area contributed by atoms with Gasteiger partial charge in [-0.05, 0) is 13.0 Å². The number of nitrogens with zero attached hydrogens (tertiary/aromatic N) is 2. The van der Waals surface area contributed by atoms with Gasteiger partial charge in [0.1, 0.15) is 48.0 Å². The minimum absolute atomic E-state index is 0.240. The second-order valence-electron chi connectivity index (χ2n) is 4.32. The van der Waals surface area contributed by atoms with Gasteiger partial charge in [-0.2, -0.15) is 0 Å². The summed E-state index contributed by atoms with van der Waals surface area (Å²) in [6.07, 6.45) is 6.14. The van der Waals surface area contributed by atoms with E-state index < -0.39 is 11.5 Å². The highest BCUT2D eigenvalue weighted by Gasteiger charge is 2.22. The fraction of sp³-hybridized carbons (Fsp3) is 0.231. The fourth-order valence-corrected chi connectivity index (χ4v) is 2.33. The first kappa shape index (κ1) is 20.5. The number of hydrogen-bond acceptors (Lipinski definition) is 5. The summed E-state index contributed by atoms with van der Waals surface area (Å²) >= 11 is 20.9. The predicted molar refractivity (Wildman–Crippen MR) is 86.5 cm³/mol. The van der Waals surface area contributed by atoms with Gasteiger partial charge in [-0.3, -0.25) is 0 Å². The van der Waals surface area contributed by atoms with Gasteiger partial charge in [-0.15, -0.1) is 0 Å². The van der Waals surface area contributed by atoms with Crippen molar-refractivity contribution in [3.8, 4) is 17.2 Å². The number of carboxylic acid groups (broad SMARTS) is 1. The number of aromatic nitrogens is 2. The predicted octanol–water partition coefficient (Wildman–Crippen LogP) is 2.63. The van der Waals surface area contributed by atoms with Crippen LogP contribution in [0.15, 0.2) is 24.8 Å². The van der Waals surface area contributed by atoms with E-state index in [0.717, 1.165) is 12.6 Å². The molecule has 0 saturated heterocycles. The summed E-state index contributed by atoms with van der Waals surface area (Å²) in [6, 6.07) is 0.946. The standard InChI is InChI=1S/C7H2Cl4O5.C6H11N2/c8-4-2(7(12)13)1-3(14-9)5(15-10)6(4)16-11;1-3-8-5-4-7(2)6-8/h1H,(H,12,13);4-6H,3H2,1-2H3/q;+1/p-1. The summed E-state index contributed by atoms with van der Waals surface area (Å²) in [5.74, 6) is -2.43. The van der Waals surface area contributed by atoms with E-state index in [2.05, 4.69) is 36.9 Å². The lowest BCUT2D eigenvalue weighted by Gasteiger charge is -2.12. The van der Waals surface area contributed by atoms with Crippen LogP contribution in [0.5, 0.6) is 17.2 Å². The van der Waals surface area contributed by atoms with Crippen LogP contribution < -0.4 is 22.5 Å². The van der Waals surface area contributed by atoms with Crippen LogP contribution in [0.4, 0.5) is 0 Å². The molecule has 1 aromatic heterocycles. The summed E-state index contributed by atoms with van der Waals surface area (Å²) in [6.45, 7) is 3.18. The molecule has 0 aliphatic carbocycles. The van der Waals surface area contributed by atoms with Crippen molar-refractivity contribution in [1.29, 1.82) is 0 Å². The lowest BCUT2D eigenvalue weighted by molar-refractivity contribution is -0.671. The number of carbonyl (C=O) groups is 1. The van der Waals surface area contributed by atoms with Gasteiger partial charge in [0.15, 0.2) is 5.75 Å². The first-order valence-electron chi connectivity index (χ1n) is 6.34. The van der Waals surface area contributed by atoms with Crippen molar-refractivity contribution in [2.45, 2.75) is 13.5 Å². The van der Waals surface area contributed by atoms with Gasteiger partial charge in [0, 0.05) is 5.56 Å². The molecule has 7 nitrogen and oxygen atoms in total. The minimum Gasteiger partial charge on any atom is -0.545 e. The maximum atomic E-state index is 10.7. The average Bonchev–Trinajstić information content (AvgIpc) is 3.00. The SMILES string of the molecule is CCn1cc[n+](C)c1.O=C([O-])c1cc(OCl)c(OCl)c(OCl)c1Cl. The largest absolute Gasteiger partial charge is 0.545 e. The number of benzene rings is 1. The van der Waals surface area contributed by atoms with E-state index in [4.69, 9.17) is 47.2 Å². The Hall–Kier alpha value is -1.54. The van der Waals surface area contributed by atoms with Crippen LogP contribution in [0.2, 0.25) is 5.02 Å². The summed E-state index contributed by atoms with van der Waals surface area (Å²) in [7, 11) is 2.02. The van der Waals surface area contributed by atoms with Gasteiger partial charge in [-0.25, -0.2) is 9.13 Å². The van der Waals surface area contributed by atoms with Crippen molar-refractivity contribution in [2.24, 2.45) is 7.05 Å². The number of carboxylic acids is 1. The van der Waals surface area contributed by atoms with Crippen LogP contribution in [0.1, 0.15) is 17.3 Å². The lowest BCUT2D eigenvalue weighted by atomic mass is 10.2. The quantitative estimate of drug-likeness (QED) is 0.699. The summed E-state index contributed by atoms with van der Waals surface area (Å²) in [4.78, 5) is 10.7. The second kappa shape index (κ2) is 9.68. The van der Waals surface area contributed by atoms with Crippen LogP contribution in [0.3, 0.4) is 0 Å². The lowest BCUT2D eigenvalue weighted by Crippen LogP contribution is -2.23. The van der Waals surface area contributed by atoms with Gasteiger partial charge in [0.05, 0.1) is 24.6 Å². The van der Waals surface area contributed by atoms with Gasteiger partial charge < -0.3 is 22.8 Å². The number of halogens is 4. The van der Waals surface area contributed by atoms with E-state index in [-0.39, 0.29) is 22.3 Å². The Morgan fingerprint density at radius 2 is 1.88 bits per heavy atom. The number of rotatable bonds is 5. The number of aromatic carboxylic acids is 1. The van der Waals surface area contributed by atoms with Gasteiger partial charge >= 0.3 is 0 Å². The molecule has 0 spiro atoms. The van der Waals surface area contributed by atoms with Crippen molar-refractivity contribution >= 4 is 53.2 Å². The smallest absolute Gasteiger partial charge is 0.243 e. The molecule has 0 fully saturated rings. The van der Waals surface area contributed by atoms with Crippen molar-refractivity contribution in [3.05, 3.63) is 35.4 Å². The molecule has 24 heavy (non-hydrogen) atoms. The van der Waals surface area contributed by atoms with E-state index in [1.54, 1.807) is 0 Å². The van der Waals surface area contributed by atoms with E-state index in [1.165, 1.54) is 0 Å². The highest BCUT2D eigenvalue weighted by molar-refractivity contribution is 6.35. The van der Waals surface area contributed by atoms with Gasteiger partial charge in [0.2, 0.25) is 17.8 Å². The van der Waals surface area contributed by atoms with E-state index in [0.29, 0.717) is 0 Å². The highest BCUT2D eigenvalue weighted by atomic mass is 35.5. The number of aryl methyl sites for hydroxylation is 2. The van der Waals surface area contributed by atoms with E-state index >= 15 is 0 Å². The molecule has 0 atom stereocenters. The molecule has 2 rings (SSSR count). The molecule has 0 amide bonds.